The summed E-state index contributed by atoms with van der Waals surface area (Å²) in [6, 6.07) is 20.8. The molecule has 0 spiro atoms. The fourth-order valence-corrected chi connectivity index (χ4v) is 2.84. The van der Waals surface area contributed by atoms with E-state index < -0.39 is 11.8 Å². The lowest BCUT2D eigenvalue weighted by atomic mass is 10.2. The quantitative estimate of drug-likeness (QED) is 0.249. The molecular formula is C26H26N4O5. The maximum atomic E-state index is 12.1. The third-order valence-electron chi connectivity index (χ3n) is 4.59. The van der Waals surface area contributed by atoms with Gasteiger partial charge in [0.15, 0.2) is 6.61 Å². The largest absolute Gasteiger partial charge is 0.494 e. The summed E-state index contributed by atoms with van der Waals surface area (Å²) in [5.41, 5.74) is 5.04. The highest BCUT2D eigenvalue weighted by Crippen LogP contribution is 2.16. The highest BCUT2D eigenvalue weighted by atomic mass is 16.5. The fourth-order valence-electron chi connectivity index (χ4n) is 2.84. The van der Waals surface area contributed by atoms with Crippen molar-refractivity contribution in [2.45, 2.75) is 13.8 Å². The highest BCUT2D eigenvalue weighted by Gasteiger charge is 2.12. The molecule has 0 saturated carbocycles. The third-order valence-corrected chi connectivity index (χ3v) is 4.59. The summed E-state index contributed by atoms with van der Waals surface area (Å²) in [5.74, 6) is -0.786. The maximum absolute atomic E-state index is 12.1. The lowest BCUT2D eigenvalue weighted by Crippen LogP contribution is -2.32. The van der Waals surface area contributed by atoms with Gasteiger partial charge in [0.2, 0.25) is 0 Å². The van der Waals surface area contributed by atoms with Crippen LogP contribution in [0.4, 0.5) is 11.4 Å². The standard InChI is InChI=1S/C26H26N4O5/c1-3-34-22-14-10-20(11-15-22)28-24(31)17-35-23-12-6-19(7-13-23)16-27-30-26(33)25(32)29-21-8-4-18(2)5-9-21/h4-16H,3,17H2,1-2H3,(H,28,31)(H,29,32)(H,30,33)/b27-16-. The molecule has 3 aromatic rings. The van der Waals surface area contributed by atoms with Crippen LogP contribution in [-0.4, -0.2) is 37.1 Å². The molecule has 0 unspecified atom stereocenters. The second-order valence-corrected chi connectivity index (χ2v) is 7.38. The van der Waals surface area contributed by atoms with Gasteiger partial charge in [-0.3, -0.25) is 14.4 Å². The Bertz CT molecular complexity index is 1170. The number of carbonyl (C=O) groups is 3. The summed E-state index contributed by atoms with van der Waals surface area (Å²) in [6.45, 7) is 4.24. The molecule has 3 rings (SSSR count). The van der Waals surface area contributed by atoms with Crippen LogP contribution in [0.3, 0.4) is 0 Å². The summed E-state index contributed by atoms with van der Waals surface area (Å²) in [7, 11) is 0. The number of nitrogens with zero attached hydrogens (tertiary/aromatic N) is 1. The molecule has 9 nitrogen and oxygen atoms in total. The minimum atomic E-state index is -0.889. The first kappa shape index (κ1) is 25.0. The van der Waals surface area contributed by atoms with Crippen molar-refractivity contribution in [2.24, 2.45) is 5.10 Å². The van der Waals surface area contributed by atoms with Crippen LogP contribution >= 0.6 is 0 Å². The molecule has 0 bridgehead atoms. The van der Waals surface area contributed by atoms with Crippen LogP contribution in [0.1, 0.15) is 18.1 Å². The summed E-state index contributed by atoms with van der Waals surface area (Å²) in [6.07, 6.45) is 1.39. The van der Waals surface area contributed by atoms with E-state index in [1.165, 1.54) is 6.21 Å². The van der Waals surface area contributed by atoms with Crippen molar-refractivity contribution < 1.29 is 23.9 Å². The zero-order valence-corrected chi connectivity index (χ0v) is 19.4. The van der Waals surface area contributed by atoms with Gasteiger partial charge in [0.05, 0.1) is 12.8 Å². The predicted octanol–water partition coefficient (Wildman–Crippen LogP) is 3.50. The minimum Gasteiger partial charge on any atom is -0.494 e. The first-order valence-corrected chi connectivity index (χ1v) is 10.9. The van der Waals surface area contributed by atoms with Crippen molar-refractivity contribution in [3.8, 4) is 11.5 Å². The zero-order valence-electron chi connectivity index (χ0n) is 19.4. The molecular weight excluding hydrogens is 448 g/mol. The Morgan fingerprint density at radius 2 is 1.34 bits per heavy atom. The third kappa shape index (κ3) is 8.32. The average Bonchev–Trinajstić information content (AvgIpc) is 2.86. The first-order valence-electron chi connectivity index (χ1n) is 10.9. The van der Waals surface area contributed by atoms with Crippen molar-refractivity contribution in [3.05, 3.63) is 83.9 Å². The van der Waals surface area contributed by atoms with Gasteiger partial charge in [-0.1, -0.05) is 17.7 Å². The Morgan fingerprint density at radius 1 is 0.771 bits per heavy atom. The van der Waals surface area contributed by atoms with Crippen molar-refractivity contribution in [3.63, 3.8) is 0 Å². The number of nitrogens with one attached hydrogen (secondary N) is 3. The van der Waals surface area contributed by atoms with E-state index in [1.54, 1.807) is 60.7 Å². The second kappa shape index (κ2) is 12.5. The van der Waals surface area contributed by atoms with Gasteiger partial charge in [0, 0.05) is 11.4 Å². The summed E-state index contributed by atoms with van der Waals surface area (Å²) < 4.78 is 10.9. The Hall–Kier alpha value is -4.66. The molecule has 3 N–H and O–H groups in total. The smallest absolute Gasteiger partial charge is 0.329 e. The van der Waals surface area contributed by atoms with E-state index in [2.05, 4.69) is 21.2 Å². The number of ether oxygens (including phenoxy) is 2. The lowest BCUT2D eigenvalue weighted by molar-refractivity contribution is -0.136. The highest BCUT2D eigenvalue weighted by molar-refractivity contribution is 6.39. The van der Waals surface area contributed by atoms with Gasteiger partial charge < -0.3 is 20.1 Å². The lowest BCUT2D eigenvalue weighted by Gasteiger charge is -2.09. The van der Waals surface area contributed by atoms with Crippen molar-refractivity contribution in [1.29, 1.82) is 0 Å². The SMILES string of the molecule is CCOc1ccc(NC(=O)COc2ccc(/C=N\NC(=O)C(=O)Nc3ccc(C)cc3)cc2)cc1. The van der Waals surface area contributed by atoms with E-state index >= 15 is 0 Å². The van der Waals surface area contributed by atoms with Gasteiger partial charge in [0.25, 0.3) is 5.91 Å². The first-order chi connectivity index (χ1) is 16.9. The van der Waals surface area contributed by atoms with Crippen LogP contribution in [-0.2, 0) is 14.4 Å². The molecule has 3 aromatic carbocycles. The summed E-state index contributed by atoms with van der Waals surface area (Å²) >= 11 is 0. The van der Waals surface area contributed by atoms with Gasteiger partial charge in [-0.25, -0.2) is 5.43 Å². The molecule has 0 radical (unpaired) electrons. The van der Waals surface area contributed by atoms with Gasteiger partial charge in [-0.15, -0.1) is 0 Å². The van der Waals surface area contributed by atoms with Crippen LogP contribution in [0.2, 0.25) is 0 Å². The number of hydrogen-bond donors (Lipinski definition) is 3. The molecule has 3 amide bonds. The number of benzene rings is 3. The molecule has 0 aliphatic heterocycles. The monoisotopic (exact) mass is 474 g/mol. The van der Waals surface area contributed by atoms with E-state index in [4.69, 9.17) is 9.47 Å². The zero-order chi connectivity index (χ0) is 25.0. The maximum Gasteiger partial charge on any atom is 0.329 e. The van der Waals surface area contributed by atoms with Crippen LogP contribution in [0.15, 0.2) is 77.9 Å². The second-order valence-electron chi connectivity index (χ2n) is 7.38. The van der Waals surface area contributed by atoms with Crippen LogP contribution in [0.5, 0.6) is 11.5 Å². The van der Waals surface area contributed by atoms with Gasteiger partial charge in [-0.2, -0.15) is 5.10 Å². The van der Waals surface area contributed by atoms with Crippen molar-refractivity contribution in [1.82, 2.24) is 5.43 Å². The number of hydrogen-bond acceptors (Lipinski definition) is 6. The number of anilines is 2. The Labute approximate surface area is 203 Å². The number of aryl methyl sites for hydroxylation is 1. The van der Waals surface area contributed by atoms with Crippen LogP contribution in [0.25, 0.3) is 0 Å². The molecule has 0 atom stereocenters. The van der Waals surface area contributed by atoms with Gasteiger partial charge in [0.1, 0.15) is 11.5 Å². The molecule has 0 heterocycles. The number of rotatable bonds is 9. The molecule has 9 heteroatoms. The summed E-state index contributed by atoms with van der Waals surface area (Å²) in [5, 5.41) is 9.02. The minimum absolute atomic E-state index is 0.160. The van der Waals surface area contributed by atoms with E-state index in [-0.39, 0.29) is 12.5 Å². The average molecular weight is 475 g/mol. The molecule has 0 saturated heterocycles. The normalized spacial score (nSPS) is 10.5. The number of hydrazone groups is 1. The molecule has 35 heavy (non-hydrogen) atoms. The van der Waals surface area contributed by atoms with Crippen molar-refractivity contribution in [2.75, 3.05) is 23.8 Å². The number of amides is 3. The van der Waals surface area contributed by atoms with E-state index in [9.17, 15) is 14.4 Å². The van der Waals surface area contributed by atoms with Gasteiger partial charge in [-0.05, 0) is 80.1 Å². The van der Waals surface area contributed by atoms with E-state index in [0.29, 0.717) is 29.3 Å². The molecule has 180 valence electrons. The number of carbonyl (C=O) groups excluding carboxylic acids is 3. The molecule has 0 aromatic heterocycles. The Morgan fingerprint density at radius 3 is 2.00 bits per heavy atom. The van der Waals surface area contributed by atoms with Crippen LogP contribution in [0, 0.1) is 6.92 Å². The Kier molecular flexibility index (Phi) is 8.95. The van der Waals surface area contributed by atoms with E-state index in [0.717, 1.165) is 11.3 Å². The molecule has 0 fully saturated rings. The Balaban J connectivity index is 1.41. The summed E-state index contributed by atoms with van der Waals surface area (Å²) in [4.78, 5) is 35.9. The molecule has 0 aliphatic rings. The van der Waals surface area contributed by atoms with Crippen LogP contribution < -0.4 is 25.5 Å². The topological polar surface area (TPSA) is 118 Å². The predicted molar refractivity (Wildman–Crippen MR) is 134 cm³/mol. The fraction of sp³-hybridized carbons (Fsp3) is 0.154. The van der Waals surface area contributed by atoms with E-state index in [1.807, 2.05) is 26.0 Å². The van der Waals surface area contributed by atoms with Crippen molar-refractivity contribution >= 4 is 35.3 Å². The van der Waals surface area contributed by atoms with Gasteiger partial charge >= 0.3 is 11.8 Å². The molecule has 0 aliphatic carbocycles.